The number of nitrogens with one attached hydrogen (secondary N) is 1. The van der Waals surface area contributed by atoms with E-state index in [1.807, 2.05) is 34.6 Å². The predicted molar refractivity (Wildman–Crippen MR) is 218 cm³/mol. The zero-order valence-electron chi connectivity index (χ0n) is 36.9. The number of carboxylic acid groups (broad SMARTS) is 1. The lowest BCUT2D eigenvalue weighted by Gasteiger charge is -2.73. The van der Waals surface area contributed by atoms with Gasteiger partial charge < -0.3 is 24.8 Å². The predicted octanol–water partition coefficient (Wildman–Crippen LogP) is 9.96. The van der Waals surface area contributed by atoms with E-state index >= 15 is 0 Å². The second-order valence-corrected chi connectivity index (χ2v) is 23.0. The van der Waals surface area contributed by atoms with Crippen molar-refractivity contribution in [3.8, 4) is 0 Å². The van der Waals surface area contributed by atoms with E-state index in [4.69, 9.17) is 9.47 Å². The van der Waals surface area contributed by atoms with Crippen LogP contribution < -0.4 is 5.32 Å². The van der Waals surface area contributed by atoms with Gasteiger partial charge in [-0.1, -0.05) is 60.6 Å². The maximum Gasteiger partial charge on any atom is 0.410 e. The molecule has 0 bridgehead atoms. The highest BCUT2D eigenvalue weighted by Gasteiger charge is 2.71. The molecule has 1 heterocycles. The van der Waals surface area contributed by atoms with E-state index in [9.17, 15) is 24.3 Å². The molecular weight excluding hydrogens is 705 g/mol. The molecule has 0 aromatic heterocycles. The molecule has 6 rings (SSSR count). The van der Waals surface area contributed by atoms with Crippen LogP contribution in [0.1, 0.15) is 166 Å². The van der Waals surface area contributed by atoms with Gasteiger partial charge >= 0.3 is 18.0 Å². The molecule has 6 aliphatic rings. The molecule has 2 N–H and O–H groups in total. The second kappa shape index (κ2) is 14.6. The Balaban J connectivity index is 1.18. The average Bonchev–Trinajstić information content (AvgIpc) is 3.66. The van der Waals surface area contributed by atoms with E-state index in [0.717, 1.165) is 57.8 Å². The Hall–Kier alpha value is -2.58. The molecule has 0 radical (unpaired) electrons. The standard InChI is InChI=1S/C47H76N2O7/c1-29(2)31-15-21-47(25-36(50)48-30-18-24-49(28-30)40(54)56-41(3,4)5)23-22-45(11)32(39(31)47)13-14-34-44(10)19-17-35(43(8,9)33(44)16-20-46(34,45)12)55-38(53)27-42(6,7)26-37(51)52/h30-35,39H,1,13-28H2,2-12H3,(H,48,50)(H,51,52)/t30-,31-,32+,33-,34+,35-,39+,44-,45+,46+,47+/m0/s1. The van der Waals surface area contributed by atoms with Crippen LogP contribution in [0.4, 0.5) is 4.79 Å². The fourth-order valence-corrected chi connectivity index (χ4v) is 14.8. The lowest BCUT2D eigenvalue weighted by Crippen LogP contribution is -2.67. The molecule has 2 amide bonds. The van der Waals surface area contributed by atoms with Gasteiger partial charge in [0.05, 0.1) is 12.8 Å². The lowest BCUT2D eigenvalue weighted by atomic mass is 9.32. The van der Waals surface area contributed by atoms with Gasteiger partial charge in [0.15, 0.2) is 0 Å². The minimum Gasteiger partial charge on any atom is -0.481 e. The first-order valence-electron chi connectivity index (χ1n) is 22.1. The van der Waals surface area contributed by atoms with E-state index < -0.39 is 17.0 Å². The zero-order chi connectivity index (χ0) is 41.4. The number of carboxylic acids is 1. The summed E-state index contributed by atoms with van der Waals surface area (Å²) in [5, 5.41) is 12.7. The monoisotopic (exact) mass is 781 g/mol. The number of esters is 1. The number of ether oxygens (including phenoxy) is 2. The van der Waals surface area contributed by atoms with Crippen molar-refractivity contribution in [2.24, 2.45) is 62.1 Å². The van der Waals surface area contributed by atoms with Crippen LogP contribution in [0.2, 0.25) is 0 Å². The van der Waals surface area contributed by atoms with Crippen LogP contribution in [0.15, 0.2) is 12.2 Å². The van der Waals surface area contributed by atoms with Crippen molar-refractivity contribution < 1.29 is 33.8 Å². The minimum absolute atomic E-state index is 0.0331. The van der Waals surface area contributed by atoms with Crippen molar-refractivity contribution in [2.45, 2.75) is 184 Å². The Morgan fingerprint density at radius 2 is 1.52 bits per heavy atom. The van der Waals surface area contributed by atoms with Crippen molar-refractivity contribution in [3.05, 3.63) is 12.2 Å². The number of carbonyl (C=O) groups excluding carboxylic acids is 3. The molecule has 11 atom stereocenters. The molecule has 0 aromatic carbocycles. The van der Waals surface area contributed by atoms with Gasteiger partial charge in [-0.3, -0.25) is 14.4 Å². The molecule has 5 aliphatic carbocycles. The summed E-state index contributed by atoms with van der Waals surface area (Å²) < 4.78 is 11.9. The van der Waals surface area contributed by atoms with Crippen molar-refractivity contribution >= 4 is 23.9 Å². The number of likely N-dealkylation sites (tertiary alicyclic amines) is 1. The third kappa shape index (κ3) is 7.57. The highest BCUT2D eigenvalue weighted by Crippen LogP contribution is 2.78. The molecule has 0 spiro atoms. The highest BCUT2D eigenvalue weighted by molar-refractivity contribution is 5.77. The number of hydrogen-bond acceptors (Lipinski definition) is 6. The Morgan fingerprint density at radius 3 is 2.16 bits per heavy atom. The first-order valence-corrected chi connectivity index (χ1v) is 22.1. The number of rotatable bonds is 9. The van der Waals surface area contributed by atoms with Crippen molar-refractivity contribution in [1.82, 2.24) is 10.2 Å². The molecule has 6 fully saturated rings. The third-order valence-corrected chi connectivity index (χ3v) is 17.4. The second-order valence-electron chi connectivity index (χ2n) is 23.0. The van der Waals surface area contributed by atoms with E-state index in [2.05, 4.69) is 53.4 Å². The Kier molecular flexibility index (Phi) is 11.2. The topological polar surface area (TPSA) is 122 Å². The Morgan fingerprint density at radius 1 is 0.821 bits per heavy atom. The van der Waals surface area contributed by atoms with E-state index in [1.165, 1.54) is 18.4 Å². The van der Waals surface area contributed by atoms with E-state index in [1.54, 1.807) is 4.90 Å². The van der Waals surface area contributed by atoms with Gasteiger partial charge in [0.1, 0.15) is 11.7 Å². The number of nitrogens with zero attached hydrogens (tertiary/aromatic N) is 1. The number of carbonyl (C=O) groups is 4. The normalized spacial score (nSPS) is 40.3. The number of hydrogen-bond donors (Lipinski definition) is 2. The number of allylic oxidation sites excluding steroid dienone is 1. The van der Waals surface area contributed by atoms with Crippen molar-refractivity contribution in [1.29, 1.82) is 0 Å². The van der Waals surface area contributed by atoms with Gasteiger partial charge in [-0.25, -0.2) is 4.79 Å². The van der Waals surface area contributed by atoms with Gasteiger partial charge in [0, 0.05) is 31.0 Å². The highest BCUT2D eigenvalue weighted by atomic mass is 16.6. The minimum atomic E-state index is -0.892. The van der Waals surface area contributed by atoms with Crippen LogP contribution in [-0.4, -0.2) is 64.8 Å². The SMILES string of the molecule is C=C(C)[C@@H]1CC[C@]2(CC(=O)N[C@H]3CCN(C(=O)OC(C)(C)C)C3)CC[C@]3(C)[C@H](CC[C@@H]4[C@@]5(C)CC[C@H](OC(=O)CC(C)(C)CC(=O)O)C(C)(C)[C@@H]5CC[C@]43C)[C@@H]12. The molecule has 5 saturated carbocycles. The fraction of sp³-hybridized carbons (Fsp3) is 0.872. The molecule has 316 valence electrons. The maximum absolute atomic E-state index is 14.1. The van der Waals surface area contributed by atoms with Crippen LogP contribution >= 0.6 is 0 Å². The zero-order valence-corrected chi connectivity index (χ0v) is 36.9. The summed E-state index contributed by atoms with van der Waals surface area (Å²) in [4.78, 5) is 53.2. The van der Waals surface area contributed by atoms with Crippen LogP contribution in [-0.2, 0) is 23.9 Å². The summed E-state index contributed by atoms with van der Waals surface area (Å²) in [6.45, 7) is 29.7. The summed E-state index contributed by atoms with van der Waals surface area (Å²) in [6, 6.07) is -0.0472. The quantitative estimate of drug-likeness (QED) is 0.176. The van der Waals surface area contributed by atoms with Gasteiger partial charge in [0.2, 0.25) is 5.91 Å². The smallest absolute Gasteiger partial charge is 0.410 e. The number of amides is 2. The van der Waals surface area contributed by atoms with Gasteiger partial charge in [-0.2, -0.15) is 0 Å². The molecule has 1 saturated heterocycles. The van der Waals surface area contributed by atoms with E-state index in [-0.39, 0.29) is 70.0 Å². The van der Waals surface area contributed by atoms with Gasteiger partial charge in [-0.05, 0) is 155 Å². The number of aliphatic carboxylic acids is 1. The lowest BCUT2D eigenvalue weighted by molar-refractivity contribution is -0.250. The Bertz CT molecular complexity index is 1580. The molecular formula is C47H76N2O7. The Labute approximate surface area is 338 Å². The molecule has 0 aromatic rings. The fourth-order valence-electron chi connectivity index (χ4n) is 14.8. The van der Waals surface area contributed by atoms with Gasteiger partial charge in [-0.15, -0.1) is 0 Å². The summed E-state index contributed by atoms with van der Waals surface area (Å²) in [5.41, 5.74) is 0.290. The summed E-state index contributed by atoms with van der Waals surface area (Å²) in [7, 11) is 0. The first-order chi connectivity index (χ1) is 25.8. The van der Waals surface area contributed by atoms with Crippen LogP contribution in [0.25, 0.3) is 0 Å². The summed E-state index contributed by atoms with van der Waals surface area (Å²) >= 11 is 0. The summed E-state index contributed by atoms with van der Waals surface area (Å²) in [6.07, 6.45) is 11.8. The third-order valence-electron chi connectivity index (χ3n) is 17.4. The molecule has 9 heteroatoms. The number of fused-ring (bicyclic) bond motifs is 7. The largest absolute Gasteiger partial charge is 0.481 e. The average molecular weight is 781 g/mol. The van der Waals surface area contributed by atoms with Crippen LogP contribution in [0, 0.1) is 62.1 Å². The first kappa shape index (κ1) is 43.0. The molecule has 56 heavy (non-hydrogen) atoms. The van der Waals surface area contributed by atoms with Crippen LogP contribution in [0.5, 0.6) is 0 Å². The van der Waals surface area contributed by atoms with E-state index in [0.29, 0.717) is 49.1 Å². The maximum atomic E-state index is 14.1. The van der Waals surface area contributed by atoms with Crippen molar-refractivity contribution in [2.75, 3.05) is 13.1 Å². The van der Waals surface area contributed by atoms with Gasteiger partial charge in [0.25, 0.3) is 0 Å². The van der Waals surface area contributed by atoms with Crippen molar-refractivity contribution in [3.63, 3.8) is 0 Å². The molecule has 0 unspecified atom stereocenters. The summed E-state index contributed by atoms with van der Waals surface area (Å²) in [5.74, 6) is 1.35. The molecule has 9 nitrogen and oxygen atoms in total. The van der Waals surface area contributed by atoms with Crippen LogP contribution in [0.3, 0.4) is 0 Å². The molecule has 1 aliphatic heterocycles.